The molecule has 2 heterocycles. The second-order valence-corrected chi connectivity index (χ2v) is 9.85. The van der Waals surface area contributed by atoms with Crippen molar-refractivity contribution in [3.63, 3.8) is 0 Å². The normalized spacial score (nSPS) is 14.7. The minimum Gasteiger partial charge on any atom is -0.496 e. The zero-order chi connectivity index (χ0) is 26.9. The molecule has 1 N–H and O–H groups in total. The highest BCUT2D eigenvalue weighted by Gasteiger charge is 2.35. The van der Waals surface area contributed by atoms with Gasteiger partial charge < -0.3 is 14.5 Å². The van der Waals surface area contributed by atoms with E-state index in [1.165, 1.54) is 0 Å². The number of benzene rings is 3. The molecule has 0 amide bonds. The number of hydrogen-bond donors (Lipinski definition) is 1. The quantitative estimate of drug-likeness (QED) is 0.251. The predicted molar refractivity (Wildman–Crippen MR) is 150 cm³/mol. The predicted octanol–water partition coefficient (Wildman–Crippen LogP) is 6.82. The monoisotopic (exact) mass is 516 g/mol. The highest BCUT2D eigenvalue weighted by molar-refractivity contribution is 6.13. The van der Waals surface area contributed by atoms with E-state index < -0.39 is 5.97 Å². The lowest BCUT2D eigenvalue weighted by molar-refractivity contribution is 0.0472. The maximum absolute atomic E-state index is 14.0. The fourth-order valence-corrected chi connectivity index (χ4v) is 5.69. The summed E-state index contributed by atoms with van der Waals surface area (Å²) in [6.45, 7) is 1.95. The molecule has 0 spiro atoms. The summed E-state index contributed by atoms with van der Waals surface area (Å²) in [6.07, 6.45) is 2.73. The van der Waals surface area contributed by atoms with Gasteiger partial charge in [0.1, 0.15) is 12.4 Å². The molecule has 6 heteroatoms. The number of para-hydroxylation sites is 1. The van der Waals surface area contributed by atoms with Gasteiger partial charge in [-0.25, -0.2) is 4.79 Å². The maximum atomic E-state index is 14.0. The lowest BCUT2D eigenvalue weighted by Gasteiger charge is -2.28. The number of methoxy groups -OCH3 is 1. The van der Waals surface area contributed by atoms with Gasteiger partial charge >= 0.3 is 5.97 Å². The number of carbonyl (C=O) groups is 2. The molecule has 1 atom stereocenters. The molecule has 6 nitrogen and oxygen atoms in total. The van der Waals surface area contributed by atoms with Crippen molar-refractivity contribution in [1.82, 2.24) is 9.97 Å². The van der Waals surface area contributed by atoms with E-state index >= 15 is 0 Å². The van der Waals surface area contributed by atoms with Crippen molar-refractivity contribution in [3.8, 4) is 16.9 Å². The average Bonchev–Trinajstić information content (AvgIpc) is 3.45. The first kappa shape index (κ1) is 24.6. The molecule has 39 heavy (non-hydrogen) atoms. The van der Waals surface area contributed by atoms with E-state index in [0.717, 1.165) is 33.3 Å². The van der Waals surface area contributed by atoms with Crippen LogP contribution in [0.3, 0.4) is 0 Å². The number of aryl methyl sites for hydroxylation is 1. The second-order valence-electron chi connectivity index (χ2n) is 9.85. The zero-order valence-corrected chi connectivity index (χ0v) is 21.9. The first-order valence-corrected chi connectivity index (χ1v) is 13.0. The molecule has 194 valence electrons. The summed E-state index contributed by atoms with van der Waals surface area (Å²) in [5.74, 6) is 0.155. The number of nitrogens with zero attached hydrogens (tertiary/aromatic N) is 1. The molecule has 0 fully saturated rings. The van der Waals surface area contributed by atoms with Crippen molar-refractivity contribution in [2.75, 3.05) is 7.11 Å². The third-order valence-electron chi connectivity index (χ3n) is 7.46. The Hall–Kier alpha value is -4.71. The summed E-state index contributed by atoms with van der Waals surface area (Å²) in [5, 5.41) is 0.932. The van der Waals surface area contributed by atoms with Crippen molar-refractivity contribution >= 4 is 22.7 Å². The summed E-state index contributed by atoms with van der Waals surface area (Å²) in [4.78, 5) is 35.7. The summed E-state index contributed by atoms with van der Waals surface area (Å²) < 4.78 is 11.4. The number of fused-ring (bicyclic) bond motifs is 2. The third-order valence-corrected chi connectivity index (χ3v) is 7.46. The molecule has 1 aliphatic carbocycles. The number of ketones is 1. The number of carbonyl (C=O) groups excluding carboxylic acids is 2. The number of rotatable bonds is 6. The minimum atomic E-state index is -0.492. The van der Waals surface area contributed by atoms with Crippen LogP contribution in [0.2, 0.25) is 0 Å². The van der Waals surface area contributed by atoms with Crippen LogP contribution < -0.4 is 4.74 Å². The second kappa shape index (κ2) is 10.2. The Kier molecular flexibility index (Phi) is 6.45. The first-order valence-electron chi connectivity index (χ1n) is 13.0. The van der Waals surface area contributed by atoms with E-state index in [0.29, 0.717) is 40.9 Å². The number of aromatic amines is 1. The van der Waals surface area contributed by atoms with Crippen LogP contribution in [-0.2, 0) is 17.8 Å². The van der Waals surface area contributed by atoms with Crippen molar-refractivity contribution in [2.24, 2.45) is 0 Å². The Morgan fingerprint density at radius 1 is 0.949 bits per heavy atom. The fraction of sp³-hybridized carbons (Fsp3) is 0.182. The van der Waals surface area contributed by atoms with Crippen molar-refractivity contribution in [3.05, 3.63) is 119 Å². The van der Waals surface area contributed by atoms with Gasteiger partial charge in [0.2, 0.25) is 0 Å². The molecule has 0 aliphatic heterocycles. The van der Waals surface area contributed by atoms with E-state index in [2.05, 4.69) is 4.98 Å². The number of Topliss-reactive ketones (excluding diaryl/α,β-unsaturated/α-hetero) is 1. The molecule has 1 aliphatic rings. The van der Waals surface area contributed by atoms with E-state index in [1.54, 1.807) is 7.11 Å². The van der Waals surface area contributed by atoms with Crippen LogP contribution in [0.15, 0.2) is 85.1 Å². The molecule has 0 bridgehead atoms. The van der Waals surface area contributed by atoms with Gasteiger partial charge in [-0.2, -0.15) is 0 Å². The molecule has 3 aromatic carbocycles. The average molecular weight is 517 g/mol. The number of H-pyrrole nitrogens is 1. The van der Waals surface area contributed by atoms with E-state index in [4.69, 9.17) is 14.5 Å². The summed E-state index contributed by atoms with van der Waals surface area (Å²) in [5.41, 5.74) is 6.29. The molecule has 5 aromatic rings. The van der Waals surface area contributed by atoms with Crippen molar-refractivity contribution in [2.45, 2.75) is 32.3 Å². The molecular weight excluding hydrogens is 488 g/mol. The van der Waals surface area contributed by atoms with Crippen LogP contribution in [0.4, 0.5) is 0 Å². The largest absolute Gasteiger partial charge is 0.496 e. The molecular formula is C33H28N2O4. The number of aromatic nitrogens is 2. The number of ether oxygens (including phenoxy) is 2. The first-order chi connectivity index (χ1) is 19.0. The molecule has 0 saturated carbocycles. The standard InChI is InChI=1S/C33H28N2O4/c1-20-30(33(37)39-19-21-9-4-3-5-10-21)31(25-12-8-13-26-24(25)15-16-34-26)32-27(35-20)17-22(18-28(32)36)23-11-6-7-14-29(23)38-2/h3-16,22,34H,17-19H2,1-2H3/t22-/m0/s1. The summed E-state index contributed by atoms with van der Waals surface area (Å²) in [7, 11) is 1.64. The Morgan fingerprint density at radius 2 is 1.74 bits per heavy atom. The fourth-order valence-electron chi connectivity index (χ4n) is 5.69. The van der Waals surface area contributed by atoms with Gasteiger partial charge in [-0.15, -0.1) is 0 Å². The van der Waals surface area contributed by atoms with Crippen molar-refractivity contribution < 1.29 is 19.1 Å². The number of nitrogens with one attached hydrogen (secondary N) is 1. The molecule has 2 aromatic heterocycles. The summed E-state index contributed by atoms with van der Waals surface area (Å²) in [6, 6.07) is 25.2. The zero-order valence-electron chi connectivity index (χ0n) is 21.9. The van der Waals surface area contributed by atoms with Gasteiger partial charge in [0.25, 0.3) is 0 Å². The highest BCUT2D eigenvalue weighted by Crippen LogP contribution is 2.43. The van der Waals surface area contributed by atoms with Crippen LogP contribution in [0.1, 0.15) is 55.6 Å². The Morgan fingerprint density at radius 3 is 2.56 bits per heavy atom. The highest BCUT2D eigenvalue weighted by atomic mass is 16.5. The van der Waals surface area contributed by atoms with E-state index in [1.807, 2.05) is 92.0 Å². The van der Waals surface area contributed by atoms with Crippen LogP contribution in [0.25, 0.3) is 22.0 Å². The third kappa shape index (κ3) is 4.48. The molecule has 0 radical (unpaired) electrons. The Labute approximate surface area is 226 Å². The lowest BCUT2D eigenvalue weighted by Crippen LogP contribution is -2.24. The maximum Gasteiger partial charge on any atom is 0.340 e. The topological polar surface area (TPSA) is 81.3 Å². The van der Waals surface area contributed by atoms with Crippen LogP contribution in [0.5, 0.6) is 5.75 Å². The minimum absolute atomic E-state index is 0.0423. The smallest absolute Gasteiger partial charge is 0.340 e. The van der Waals surface area contributed by atoms with E-state index in [9.17, 15) is 9.59 Å². The van der Waals surface area contributed by atoms with Crippen LogP contribution in [-0.4, -0.2) is 28.8 Å². The van der Waals surface area contributed by atoms with Crippen molar-refractivity contribution in [1.29, 1.82) is 0 Å². The van der Waals surface area contributed by atoms with Gasteiger partial charge in [0, 0.05) is 40.6 Å². The lowest BCUT2D eigenvalue weighted by atomic mass is 9.77. The Balaban J connectivity index is 1.50. The van der Waals surface area contributed by atoms with Gasteiger partial charge in [-0.1, -0.05) is 60.7 Å². The van der Waals surface area contributed by atoms with E-state index in [-0.39, 0.29) is 18.3 Å². The SMILES string of the molecule is COc1ccccc1[C@@H]1CC(=O)c2c(nc(C)c(C(=O)OCc3ccccc3)c2-c2cccc3[nH]ccc23)C1. The van der Waals surface area contributed by atoms with Gasteiger partial charge in [-0.05, 0) is 48.2 Å². The van der Waals surface area contributed by atoms with Crippen LogP contribution >= 0.6 is 0 Å². The van der Waals surface area contributed by atoms with Gasteiger partial charge in [0.15, 0.2) is 5.78 Å². The number of hydrogen-bond acceptors (Lipinski definition) is 5. The molecule has 0 saturated heterocycles. The number of pyridine rings is 1. The van der Waals surface area contributed by atoms with Gasteiger partial charge in [0.05, 0.1) is 24.1 Å². The molecule has 0 unspecified atom stereocenters. The van der Waals surface area contributed by atoms with Gasteiger partial charge in [-0.3, -0.25) is 9.78 Å². The summed E-state index contributed by atoms with van der Waals surface area (Å²) >= 11 is 0. The van der Waals surface area contributed by atoms with Crippen LogP contribution in [0, 0.1) is 6.92 Å². The molecule has 6 rings (SSSR count). The Bertz CT molecular complexity index is 1700. The number of esters is 1.